The topological polar surface area (TPSA) is 118 Å². The number of aromatic nitrogens is 6. The molecule has 4 heterocycles. The van der Waals surface area contributed by atoms with Gasteiger partial charge in [-0.1, -0.05) is 43.2 Å². The smallest absolute Gasteiger partial charge is 0.257 e. The highest BCUT2D eigenvalue weighted by molar-refractivity contribution is 6.07. The summed E-state index contributed by atoms with van der Waals surface area (Å²) in [4.78, 5) is 42.4. The average molecular weight is 415 g/mol. The molecule has 3 aromatic heterocycles. The fourth-order valence-corrected chi connectivity index (χ4v) is 4.07. The van der Waals surface area contributed by atoms with Gasteiger partial charge in [0, 0.05) is 0 Å². The largest absolute Gasteiger partial charge is 0.309 e. The lowest BCUT2D eigenvalue weighted by Crippen LogP contribution is -2.36. The molecule has 1 aliphatic heterocycles. The number of H-pyrrole nitrogens is 1. The first-order valence-corrected chi connectivity index (χ1v) is 10.1. The van der Waals surface area contributed by atoms with Gasteiger partial charge in [-0.25, -0.2) is 19.5 Å². The number of anilines is 1. The van der Waals surface area contributed by atoms with E-state index in [1.54, 1.807) is 17.6 Å². The van der Waals surface area contributed by atoms with Crippen LogP contribution in [0.25, 0.3) is 17.2 Å². The Morgan fingerprint density at radius 3 is 2.65 bits per heavy atom. The van der Waals surface area contributed by atoms with Crippen molar-refractivity contribution >= 4 is 17.4 Å². The molecule has 0 saturated heterocycles. The fourth-order valence-electron chi connectivity index (χ4n) is 4.07. The van der Waals surface area contributed by atoms with Gasteiger partial charge in [0.1, 0.15) is 23.3 Å². The van der Waals surface area contributed by atoms with Crippen molar-refractivity contribution in [2.45, 2.75) is 39.0 Å². The highest BCUT2D eigenvalue weighted by Gasteiger charge is 2.47. The number of carbonyl (C=O) groups excluding carboxylic acids is 1. The van der Waals surface area contributed by atoms with Crippen LogP contribution in [-0.2, 0) is 16.6 Å². The third-order valence-electron chi connectivity index (χ3n) is 5.79. The van der Waals surface area contributed by atoms with E-state index in [4.69, 9.17) is 0 Å². The maximum absolute atomic E-state index is 13.2. The van der Waals surface area contributed by atoms with E-state index in [0.29, 0.717) is 23.3 Å². The quantitative estimate of drug-likeness (QED) is 0.528. The molecule has 9 heteroatoms. The van der Waals surface area contributed by atoms with Crippen molar-refractivity contribution in [3.8, 4) is 11.5 Å². The second kappa shape index (κ2) is 6.83. The zero-order valence-corrected chi connectivity index (χ0v) is 17.4. The van der Waals surface area contributed by atoms with E-state index in [1.807, 2.05) is 31.2 Å². The van der Waals surface area contributed by atoms with Gasteiger partial charge in [0.25, 0.3) is 5.56 Å². The van der Waals surface area contributed by atoms with Gasteiger partial charge < -0.3 is 10.3 Å². The molecule has 0 spiro atoms. The van der Waals surface area contributed by atoms with Gasteiger partial charge in [0.05, 0.1) is 17.5 Å². The summed E-state index contributed by atoms with van der Waals surface area (Å²) in [6.45, 7) is 5.77. The molecule has 1 amide bonds. The number of carbonyl (C=O) groups is 1. The molecule has 0 radical (unpaired) electrons. The summed E-state index contributed by atoms with van der Waals surface area (Å²) in [5.41, 5.74) is 2.52. The molecule has 0 fully saturated rings. The van der Waals surface area contributed by atoms with Crippen molar-refractivity contribution in [3.05, 3.63) is 69.5 Å². The van der Waals surface area contributed by atoms with Crippen molar-refractivity contribution in [1.82, 2.24) is 29.5 Å². The van der Waals surface area contributed by atoms with E-state index in [9.17, 15) is 9.59 Å². The van der Waals surface area contributed by atoms with Gasteiger partial charge in [-0.3, -0.25) is 9.59 Å². The monoisotopic (exact) mass is 415 g/mol. The number of hydrogen-bond donors (Lipinski definition) is 2. The number of rotatable bonds is 4. The Labute approximate surface area is 177 Å². The van der Waals surface area contributed by atoms with Crippen LogP contribution in [-0.4, -0.2) is 35.5 Å². The third-order valence-corrected chi connectivity index (χ3v) is 5.79. The lowest BCUT2D eigenvalue weighted by atomic mass is 9.78. The van der Waals surface area contributed by atoms with Crippen molar-refractivity contribution in [1.29, 1.82) is 0 Å². The minimum atomic E-state index is -1.13. The van der Waals surface area contributed by atoms with E-state index in [0.717, 1.165) is 23.2 Å². The first-order valence-electron chi connectivity index (χ1n) is 10.1. The molecular weight excluding hydrogens is 394 g/mol. The Bertz CT molecular complexity index is 1390. The van der Waals surface area contributed by atoms with Crippen LogP contribution in [0.1, 0.15) is 42.7 Å². The fraction of sp³-hybridized carbons (Fsp3) is 0.273. The van der Waals surface area contributed by atoms with Crippen molar-refractivity contribution in [2.24, 2.45) is 0 Å². The summed E-state index contributed by atoms with van der Waals surface area (Å²) in [5, 5.41) is 6.99. The Morgan fingerprint density at radius 2 is 1.90 bits per heavy atom. The van der Waals surface area contributed by atoms with Gasteiger partial charge in [-0.2, -0.15) is 5.10 Å². The van der Waals surface area contributed by atoms with Crippen LogP contribution >= 0.6 is 0 Å². The van der Waals surface area contributed by atoms with E-state index in [-0.39, 0.29) is 23.1 Å². The molecule has 156 valence electrons. The van der Waals surface area contributed by atoms with E-state index in [1.165, 1.54) is 6.33 Å². The van der Waals surface area contributed by atoms with Crippen LogP contribution in [0.2, 0.25) is 0 Å². The summed E-state index contributed by atoms with van der Waals surface area (Å²) < 4.78 is 1.62. The van der Waals surface area contributed by atoms with Gasteiger partial charge in [-0.05, 0) is 25.8 Å². The lowest BCUT2D eigenvalue weighted by Gasteiger charge is -2.21. The van der Waals surface area contributed by atoms with E-state index < -0.39 is 5.41 Å². The molecule has 2 N–H and O–H groups in total. The normalized spacial score (nSPS) is 17.7. The molecule has 0 bridgehead atoms. The number of aryl methyl sites for hydroxylation is 2. The molecule has 0 saturated carbocycles. The standard InChI is InChI=1S/C22H21N7O2/c1-4-5-14-19-23-11-24-29(19)10-15(25-14)17-26-18-16(20(30)27-17)22(3,21(31)28-18)13-8-6-12(2)7-9-13/h6-11H,4-5H2,1-3H3,(H2,26,27,28,30,31). The third kappa shape index (κ3) is 2.84. The van der Waals surface area contributed by atoms with Crippen molar-refractivity contribution < 1.29 is 4.79 Å². The predicted octanol–water partition coefficient (Wildman–Crippen LogP) is 2.39. The SMILES string of the molecule is CCCc1nc(-c2nc3c(c(=O)[nH]2)C(C)(c2ccc(C)cc2)C(=O)N3)cn2ncnc12. The molecule has 1 aliphatic rings. The highest BCUT2D eigenvalue weighted by Crippen LogP contribution is 2.40. The minimum Gasteiger partial charge on any atom is -0.309 e. The predicted molar refractivity (Wildman–Crippen MR) is 115 cm³/mol. The number of benzene rings is 1. The number of aromatic amines is 1. The summed E-state index contributed by atoms with van der Waals surface area (Å²) in [5.74, 6) is 0.240. The van der Waals surface area contributed by atoms with Gasteiger partial charge in [0.15, 0.2) is 11.5 Å². The van der Waals surface area contributed by atoms with Crippen LogP contribution < -0.4 is 10.9 Å². The van der Waals surface area contributed by atoms with Gasteiger partial charge in [-0.15, -0.1) is 0 Å². The summed E-state index contributed by atoms with van der Waals surface area (Å²) in [6.07, 6.45) is 4.74. The summed E-state index contributed by atoms with van der Waals surface area (Å²) in [6, 6.07) is 7.59. The van der Waals surface area contributed by atoms with Crippen LogP contribution in [0.15, 0.2) is 41.6 Å². The second-order valence-corrected chi connectivity index (χ2v) is 7.93. The van der Waals surface area contributed by atoms with Gasteiger partial charge >= 0.3 is 0 Å². The number of nitrogens with zero attached hydrogens (tertiary/aromatic N) is 5. The molecule has 1 aromatic carbocycles. The van der Waals surface area contributed by atoms with Crippen LogP contribution in [0.3, 0.4) is 0 Å². The maximum Gasteiger partial charge on any atom is 0.257 e. The molecule has 31 heavy (non-hydrogen) atoms. The Hall–Kier alpha value is -3.88. The highest BCUT2D eigenvalue weighted by atomic mass is 16.2. The first kappa shape index (κ1) is 19.1. The van der Waals surface area contributed by atoms with Crippen LogP contribution in [0.4, 0.5) is 5.82 Å². The molecule has 9 nitrogen and oxygen atoms in total. The minimum absolute atomic E-state index is 0.254. The number of hydrogen-bond acceptors (Lipinski definition) is 6. The maximum atomic E-state index is 13.2. The summed E-state index contributed by atoms with van der Waals surface area (Å²) >= 11 is 0. The lowest BCUT2D eigenvalue weighted by molar-refractivity contribution is -0.119. The Balaban J connectivity index is 1.67. The zero-order valence-electron chi connectivity index (χ0n) is 17.4. The molecule has 1 unspecified atom stereocenters. The Morgan fingerprint density at radius 1 is 1.13 bits per heavy atom. The Kier molecular flexibility index (Phi) is 4.21. The number of amides is 1. The van der Waals surface area contributed by atoms with Crippen molar-refractivity contribution in [2.75, 3.05) is 5.32 Å². The number of nitrogens with one attached hydrogen (secondary N) is 2. The average Bonchev–Trinajstić information content (AvgIpc) is 3.32. The molecule has 5 rings (SSSR count). The van der Waals surface area contributed by atoms with E-state index in [2.05, 4.69) is 37.3 Å². The molecular formula is C22H21N7O2. The molecule has 4 aromatic rings. The molecule has 0 aliphatic carbocycles. The molecule has 1 atom stereocenters. The second-order valence-electron chi connectivity index (χ2n) is 7.93. The van der Waals surface area contributed by atoms with Crippen LogP contribution in [0.5, 0.6) is 0 Å². The van der Waals surface area contributed by atoms with Gasteiger partial charge in [0.2, 0.25) is 5.91 Å². The first-order chi connectivity index (χ1) is 14.9. The van der Waals surface area contributed by atoms with E-state index >= 15 is 0 Å². The number of fused-ring (bicyclic) bond motifs is 2. The van der Waals surface area contributed by atoms with Crippen LogP contribution in [0, 0.1) is 6.92 Å². The van der Waals surface area contributed by atoms with Crippen molar-refractivity contribution in [3.63, 3.8) is 0 Å². The summed E-state index contributed by atoms with van der Waals surface area (Å²) in [7, 11) is 0. The zero-order chi connectivity index (χ0) is 21.8.